The van der Waals surface area contributed by atoms with Gasteiger partial charge in [0.05, 0.1) is 5.56 Å². The van der Waals surface area contributed by atoms with Gasteiger partial charge in [-0.2, -0.15) is 0 Å². The van der Waals surface area contributed by atoms with E-state index in [4.69, 9.17) is 16.3 Å². The molecule has 1 aliphatic rings. The number of amides is 2. The molecule has 1 aromatic carbocycles. The fourth-order valence-corrected chi connectivity index (χ4v) is 4.42. The van der Waals surface area contributed by atoms with E-state index in [2.05, 4.69) is 17.2 Å². The van der Waals surface area contributed by atoms with Crippen molar-refractivity contribution in [2.24, 2.45) is 0 Å². The maximum atomic E-state index is 12.6. The lowest BCUT2D eigenvalue weighted by atomic mass is 9.95. The molecule has 2 aromatic rings. The van der Waals surface area contributed by atoms with E-state index in [1.807, 2.05) is 0 Å². The molecule has 0 saturated heterocycles. The van der Waals surface area contributed by atoms with Gasteiger partial charge in [0.15, 0.2) is 6.61 Å². The van der Waals surface area contributed by atoms with E-state index in [9.17, 15) is 9.59 Å². The highest BCUT2D eigenvalue weighted by molar-refractivity contribution is 7.17. The van der Waals surface area contributed by atoms with E-state index >= 15 is 0 Å². The number of hydrogen-bond acceptors (Lipinski definition) is 4. The largest absolute Gasteiger partial charge is 0.484 e. The lowest BCUT2D eigenvalue weighted by Gasteiger charge is -2.13. The van der Waals surface area contributed by atoms with Gasteiger partial charge < -0.3 is 15.4 Å². The van der Waals surface area contributed by atoms with Crippen LogP contribution in [-0.2, 0) is 17.6 Å². The Morgan fingerprint density at radius 1 is 1.22 bits per heavy atom. The predicted molar refractivity (Wildman–Crippen MR) is 109 cm³/mol. The highest BCUT2D eigenvalue weighted by Crippen LogP contribution is 2.38. The van der Waals surface area contributed by atoms with Crippen LogP contribution in [-0.4, -0.2) is 25.0 Å². The monoisotopic (exact) mass is 404 g/mol. The molecule has 7 heteroatoms. The van der Waals surface area contributed by atoms with Gasteiger partial charge in [0, 0.05) is 16.4 Å². The van der Waals surface area contributed by atoms with Crippen molar-refractivity contribution in [2.45, 2.75) is 25.7 Å². The first-order chi connectivity index (χ1) is 13.1. The van der Waals surface area contributed by atoms with Crippen molar-refractivity contribution < 1.29 is 14.3 Å². The third-order valence-corrected chi connectivity index (χ3v) is 5.70. The lowest BCUT2D eigenvalue weighted by molar-refractivity contribution is -0.118. The van der Waals surface area contributed by atoms with E-state index in [1.54, 1.807) is 30.3 Å². The molecule has 0 unspecified atom stereocenters. The maximum absolute atomic E-state index is 12.6. The van der Waals surface area contributed by atoms with Gasteiger partial charge in [0.1, 0.15) is 10.8 Å². The Morgan fingerprint density at radius 3 is 2.70 bits per heavy atom. The minimum absolute atomic E-state index is 0.141. The molecule has 1 aromatic heterocycles. The van der Waals surface area contributed by atoms with Gasteiger partial charge in [-0.3, -0.25) is 9.59 Å². The first-order valence-corrected chi connectivity index (χ1v) is 9.99. The van der Waals surface area contributed by atoms with Crippen LogP contribution < -0.4 is 15.4 Å². The van der Waals surface area contributed by atoms with Gasteiger partial charge in [0.25, 0.3) is 11.8 Å². The average Bonchev–Trinajstić information content (AvgIpc) is 3.03. The van der Waals surface area contributed by atoms with E-state index in [0.717, 1.165) is 31.2 Å². The van der Waals surface area contributed by atoms with Gasteiger partial charge in [-0.25, -0.2) is 0 Å². The number of anilines is 1. The van der Waals surface area contributed by atoms with Gasteiger partial charge in [-0.05, 0) is 55.5 Å². The molecule has 0 radical (unpaired) electrons. The maximum Gasteiger partial charge on any atom is 0.262 e. The van der Waals surface area contributed by atoms with E-state index in [1.165, 1.54) is 16.2 Å². The molecule has 5 nitrogen and oxygen atoms in total. The zero-order valence-electron chi connectivity index (χ0n) is 14.8. The summed E-state index contributed by atoms with van der Waals surface area (Å²) in [6.45, 7) is 3.87. The molecular formula is C20H21ClN2O3S. The third-order valence-electron chi connectivity index (χ3n) is 4.24. The molecule has 0 saturated carbocycles. The number of nitrogens with one attached hydrogen (secondary N) is 2. The van der Waals surface area contributed by atoms with Crippen LogP contribution >= 0.6 is 22.9 Å². The highest BCUT2D eigenvalue weighted by atomic mass is 35.5. The number of thiophene rings is 1. The summed E-state index contributed by atoms with van der Waals surface area (Å²) < 4.78 is 5.48. The Balaban J connectivity index is 1.71. The predicted octanol–water partition coefficient (Wildman–Crippen LogP) is 4.21. The van der Waals surface area contributed by atoms with Crippen molar-refractivity contribution in [1.29, 1.82) is 0 Å². The normalized spacial score (nSPS) is 12.8. The van der Waals surface area contributed by atoms with Crippen molar-refractivity contribution in [3.05, 3.63) is 57.9 Å². The molecule has 0 atom stereocenters. The van der Waals surface area contributed by atoms with Crippen LogP contribution in [0.4, 0.5) is 5.00 Å². The summed E-state index contributed by atoms with van der Waals surface area (Å²) in [5.41, 5.74) is 1.64. The summed E-state index contributed by atoms with van der Waals surface area (Å²) in [6.07, 6.45) is 5.60. The highest BCUT2D eigenvalue weighted by Gasteiger charge is 2.26. The van der Waals surface area contributed by atoms with Crippen LogP contribution in [0.25, 0.3) is 0 Å². The minimum Gasteiger partial charge on any atom is -0.484 e. The smallest absolute Gasteiger partial charge is 0.262 e. The Morgan fingerprint density at radius 2 is 1.96 bits per heavy atom. The number of benzene rings is 1. The Kier molecular flexibility index (Phi) is 6.53. The topological polar surface area (TPSA) is 67.4 Å². The molecule has 0 spiro atoms. The van der Waals surface area contributed by atoms with Crippen molar-refractivity contribution >= 4 is 39.8 Å². The number of fused-ring (bicyclic) bond motifs is 1. The quantitative estimate of drug-likeness (QED) is 0.679. The second-order valence-electron chi connectivity index (χ2n) is 6.20. The molecule has 2 amide bonds. The lowest BCUT2D eigenvalue weighted by Crippen LogP contribution is -2.26. The number of carbonyl (C=O) groups excluding carboxylic acids is 2. The zero-order valence-corrected chi connectivity index (χ0v) is 16.4. The molecule has 3 rings (SSSR count). The van der Waals surface area contributed by atoms with Crippen LogP contribution in [0.5, 0.6) is 5.75 Å². The second kappa shape index (κ2) is 9.06. The summed E-state index contributed by atoms with van der Waals surface area (Å²) in [4.78, 5) is 26.1. The SMILES string of the molecule is C=CCNC(=O)c1c(NC(=O)COc2ccc(Cl)cc2)sc2c1CCCC2. The molecule has 1 heterocycles. The standard InChI is InChI=1S/C20H21ClN2O3S/c1-2-11-22-19(25)18-15-5-3-4-6-16(15)27-20(18)23-17(24)12-26-14-9-7-13(21)8-10-14/h2,7-10H,1,3-6,11-12H2,(H,22,25)(H,23,24). The molecule has 27 heavy (non-hydrogen) atoms. The summed E-state index contributed by atoms with van der Waals surface area (Å²) >= 11 is 7.32. The number of aryl methyl sites for hydroxylation is 1. The number of ether oxygens (including phenoxy) is 1. The summed E-state index contributed by atoms with van der Waals surface area (Å²) in [5.74, 6) is 0.0773. The summed E-state index contributed by atoms with van der Waals surface area (Å²) in [5, 5.41) is 6.86. The second-order valence-corrected chi connectivity index (χ2v) is 7.75. The van der Waals surface area contributed by atoms with E-state index in [-0.39, 0.29) is 18.4 Å². The van der Waals surface area contributed by atoms with Crippen molar-refractivity contribution in [1.82, 2.24) is 5.32 Å². The van der Waals surface area contributed by atoms with Crippen molar-refractivity contribution in [3.63, 3.8) is 0 Å². The van der Waals surface area contributed by atoms with Gasteiger partial charge in [-0.1, -0.05) is 17.7 Å². The van der Waals surface area contributed by atoms with Gasteiger partial charge in [-0.15, -0.1) is 17.9 Å². The zero-order chi connectivity index (χ0) is 19.2. The summed E-state index contributed by atoms with van der Waals surface area (Å²) in [6, 6.07) is 6.80. The number of halogens is 1. The molecule has 142 valence electrons. The van der Waals surface area contributed by atoms with Crippen LogP contribution in [0.2, 0.25) is 5.02 Å². The first kappa shape index (κ1) is 19.5. The molecule has 1 aliphatic carbocycles. The Labute approximate surface area is 167 Å². The third kappa shape index (κ3) is 4.90. The fraction of sp³-hybridized carbons (Fsp3) is 0.300. The van der Waals surface area contributed by atoms with Crippen molar-refractivity contribution in [3.8, 4) is 5.75 Å². The van der Waals surface area contributed by atoms with Crippen LogP contribution in [0.3, 0.4) is 0 Å². The van der Waals surface area contributed by atoms with Crippen LogP contribution in [0.15, 0.2) is 36.9 Å². The van der Waals surface area contributed by atoms with Crippen LogP contribution in [0, 0.1) is 0 Å². The molecule has 2 N–H and O–H groups in total. The number of carbonyl (C=O) groups is 2. The first-order valence-electron chi connectivity index (χ1n) is 8.80. The van der Waals surface area contributed by atoms with Crippen LogP contribution in [0.1, 0.15) is 33.6 Å². The number of hydrogen-bond donors (Lipinski definition) is 2. The summed E-state index contributed by atoms with van der Waals surface area (Å²) in [7, 11) is 0. The average molecular weight is 405 g/mol. The molecule has 0 bridgehead atoms. The number of rotatable bonds is 7. The fourth-order valence-electron chi connectivity index (χ4n) is 2.99. The Bertz CT molecular complexity index is 846. The van der Waals surface area contributed by atoms with Crippen molar-refractivity contribution in [2.75, 3.05) is 18.5 Å². The van der Waals surface area contributed by atoms with Gasteiger partial charge in [0.2, 0.25) is 0 Å². The molecule has 0 fully saturated rings. The van der Waals surface area contributed by atoms with E-state index in [0.29, 0.717) is 27.9 Å². The minimum atomic E-state index is -0.304. The molecular weight excluding hydrogens is 384 g/mol. The molecule has 0 aliphatic heterocycles. The van der Waals surface area contributed by atoms with Gasteiger partial charge >= 0.3 is 0 Å². The Hall–Kier alpha value is -2.31. The van der Waals surface area contributed by atoms with E-state index < -0.39 is 0 Å².